The van der Waals surface area contributed by atoms with E-state index in [1.807, 2.05) is 15.9 Å². The number of hydrogen-bond donors (Lipinski definition) is 2. The van der Waals surface area contributed by atoms with Crippen LogP contribution in [0.5, 0.6) is 0 Å². The lowest BCUT2D eigenvalue weighted by Crippen LogP contribution is -2.51. The van der Waals surface area contributed by atoms with Crippen molar-refractivity contribution in [2.75, 3.05) is 37.6 Å². The predicted molar refractivity (Wildman–Crippen MR) is 132 cm³/mol. The number of carbonyl (C=O) groups is 1. The highest BCUT2D eigenvalue weighted by Gasteiger charge is 2.25. The summed E-state index contributed by atoms with van der Waals surface area (Å²) in [6.45, 7) is 6.62. The van der Waals surface area contributed by atoms with Crippen molar-refractivity contribution >= 4 is 29.0 Å². The van der Waals surface area contributed by atoms with Crippen LogP contribution >= 0.6 is 0 Å². The molecule has 9 nitrogen and oxygen atoms in total. The Morgan fingerprint density at radius 3 is 2.79 bits per heavy atom. The van der Waals surface area contributed by atoms with Crippen LogP contribution in [0.1, 0.15) is 51.5 Å². The second-order valence-electron chi connectivity index (χ2n) is 9.24. The fourth-order valence-electron chi connectivity index (χ4n) is 4.58. The number of guanidine groups is 1. The lowest BCUT2D eigenvalue weighted by Gasteiger charge is -2.36. The summed E-state index contributed by atoms with van der Waals surface area (Å²) in [5.41, 5.74) is 9.26. The quantitative estimate of drug-likeness (QED) is 0.390. The molecule has 0 spiro atoms. The van der Waals surface area contributed by atoms with Crippen molar-refractivity contribution in [2.45, 2.75) is 52.1 Å². The molecule has 3 aliphatic rings. The maximum atomic E-state index is 15.0. The summed E-state index contributed by atoms with van der Waals surface area (Å²) in [4.78, 5) is 20.4. The van der Waals surface area contributed by atoms with E-state index in [0.29, 0.717) is 68.0 Å². The topological polar surface area (TPSA) is 108 Å². The van der Waals surface area contributed by atoms with Crippen molar-refractivity contribution in [3.63, 3.8) is 0 Å². The molecular formula is C24H34FN7O2. The molecular weight excluding hydrogens is 437 g/mol. The molecule has 1 aromatic rings. The van der Waals surface area contributed by atoms with Crippen molar-refractivity contribution in [3.05, 3.63) is 29.6 Å². The van der Waals surface area contributed by atoms with Crippen molar-refractivity contribution in [1.82, 2.24) is 10.2 Å². The first-order valence-corrected chi connectivity index (χ1v) is 12.1. The standard InChI is InChI=1S/C24H34FN7O2/c1-16-5-3-4-6-21(16)28-29-24(26)32-11-9-31(10-12-32)23-8-7-18(13-20(23)25)22-14-19(34-30-22)15-27-17(2)33/h7-8,13,16,19H,3-6,9-12,14-15H2,1-2H3,(H2,26,29)(H,27,33)/b28-21+. The number of rotatable bonds is 5. The van der Waals surface area contributed by atoms with Crippen molar-refractivity contribution in [3.8, 4) is 0 Å². The molecule has 3 N–H and O–H groups in total. The number of anilines is 1. The van der Waals surface area contributed by atoms with Gasteiger partial charge < -0.3 is 25.7 Å². The number of piperazine rings is 1. The highest BCUT2D eigenvalue weighted by atomic mass is 19.1. The normalized spacial score (nSPS) is 24.7. The summed E-state index contributed by atoms with van der Waals surface area (Å²) in [6, 6.07) is 5.16. The Kier molecular flexibility index (Phi) is 7.64. The van der Waals surface area contributed by atoms with E-state index in [9.17, 15) is 9.18 Å². The molecule has 0 aromatic heterocycles. The van der Waals surface area contributed by atoms with E-state index in [4.69, 9.17) is 10.6 Å². The van der Waals surface area contributed by atoms with Crippen LogP contribution in [0.25, 0.3) is 0 Å². The third kappa shape index (κ3) is 5.84. The Morgan fingerprint density at radius 2 is 2.09 bits per heavy atom. The van der Waals surface area contributed by atoms with Gasteiger partial charge in [0, 0.05) is 50.8 Å². The zero-order chi connectivity index (χ0) is 24.1. The molecule has 1 saturated carbocycles. The highest BCUT2D eigenvalue weighted by Crippen LogP contribution is 2.25. The van der Waals surface area contributed by atoms with E-state index in [1.165, 1.54) is 25.8 Å². The van der Waals surface area contributed by atoms with E-state index < -0.39 is 0 Å². The summed E-state index contributed by atoms with van der Waals surface area (Å²) in [6.07, 6.45) is 4.87. The van der Waals surface area contributed by atoms with Gasteiger partial charge in [0.1, 0.15) is 11.9 Å². The second kappa shape index (κ2) is 10.8. The van der Waals surface area contributed by atoms with Crippen molar-refractivity contribution in [2.24, 2.45) is 27.0 Å². The van der Waals surface area contributed by atoms with Gasteiger partial charge in [-0.05, 0) is 37.3 Å². The van der Waals surface area contributed by atoms with Gasteiger partial charge >= 0.3 is 0 Å². The maximum absolute atomic E-state index is 15.0. The third-order valence-corrected chi connectivity index (χ3v) is 6.71. The first-order valence-electron chi connectivity index (χ1n) is 12.1. The molecule has 2 heterocycles. The molecule has 0 radical (unpaired) electrons. The van der Waals surface area contributed by atoms with E-state index in [0.717, 1.165) is 18.6 Å². The smallest absolute Gasteiger partial charge is 0.217 e. The SMILES string of the molecule is CC(=O)NCC1CC(c2ccc(N3CCN(/C(N)=N/N=C4\CCCCC4C)CC3)c(F)c2)=NO1. The Morgan fingerprint density at radius 1 is 1.29 bits per heavy atom. The fourth-order valence-corrected chi connectivity index (χ4v) is 4.58. The minimum atomic E-state index is -0.293. The Hall–Kier alpha value is -3.17. The number of amides is 1. The van der Waals surface area contributed by atoms with Gasteiger partial charge in [0.25, 0.3) is 0 Å². The van der Waals surface area contributed by atoms with Crippen LogP contribution in [-0.2, 0) is 9.63 Å². The second-order valence-corrected chi connectivity index (χ2v) is 9.24. The minimum Gasteiger partial charge on any atom is -0.390 e. The maximum Gasteiger partial charge on any atom is 0.217 e. The molecule has 2 fully saturated rings. The van der Waals surface area contributed by atoms with Crippen LogP contribution < -0.4 is 16.0 Å². The van der Waals surface area contributed by atoms with Gasteiger partial charge in [0.2, 0.25) is 11.9 Å². The van der Waals surface area contributed by atoms with E-state index in [-0.39, 0.29) is 17.8 Å². The summed E-state index contributed by atoms with van der Waals surface area (Å²) in [5.74, 6) is 0.484. The molecule has 1 amide bonds. The average Bonchev–Trinajstić information content (AvgIpc) is 3.31. The predicted octanol–water partition coefficient (Wildman–Crippen LogP) is 2.46. The van der Waals surface area contributed by atoms with Crippen LogP contribution in [0.2, 0.25) is 0 Å². The van der Waals surface area contributed by atoms with Crippen LogP contribution in [0.4, 0.5) is 10.1 Å². The van der Waals surface area contributed by atoms with Gasteiger partial charge in [-0.1, -0.05) is 24.6 Å². The average molecular weight is 472 g/mol. The third-order valence-electron chi connectivity index (χ3n) is 6.71. The number of nitrogens with zero attached hydrogens (tertiary/aromatic N) is 5. The van der Waals surface area contributed by atoms with Gasteiger partial charge in [0.05, 0.1) is 17.9 Å². The first-order chi connectivity index (χ1) is 16.4. The lowest BCUT2D eigenvalue weighted by molar-refractivity contribution is -0.119. The first kappa shape index (κ1) is 24.0. The molecule has 0 bridgehead atoms. The van der Waals surface area contributed by atoms with Crippen molar-refractivity contribution in [1.29, 1.82) is 0 Å². The lowest BCUT2D eigenvalue weighted by atomic mass is 9.89. The summed E-state index contributed by atoms with van der Waals surface area (Å²) in [7, 11) is 0. The van der Waals surface area contributed by atoms with Crippen molar-refractivity contribution < 1.29 is 14.0 Å². The number of nitrogens with one attached hydrogen (secondary N) is 1. The molecule has 2 unspecified atom stereocenters. The zero-order valence-corrected chi connectivity index (χ0v) is 20.0. The van der Waals surface area contributed by atoms with Crippen LogP contribution in [0.3, 0.4) is 0 Å². The molecule has 4 rings (SSSR count). The number of benzene rings is 1. The van der Waals surface area contributed by atoms with Crippen LogP contribution in [0.15, 0.2) is 33.6 Å². The van der Waals surface area contributed by atoms with Gasteiger partial charge in [-0.2, -0.15) is 5.10 Å². The van der Waals surface area contributed by atoms with Gasteiger partial charge in [0.15, 0.2) is 0 Å². The fraction of sp³-hybridized carbons (Fsp3) is 0.583. The number of nitrogens with two attached hydrogens (primary N) is 1. The van der Waals surface area contributed by atoms with Gasteiger partial charge in [-0.15, -0.1) is 5.10 Å². The summed E-state index contributed by atoms with van der Waals surface area (Å²) < 4.78 is 15.0. The molecule has 34 heavy (non-hydrogen) atoms. The largest absolute Gasteiger partial charge is 0.390 e. The summed E-state index contributed by atoms with van der Waals surface area (Å²) >= 11 is 0. The zero-order valence-electron chi connectivity index (χ0n) is 20.0. The van der Waals surface area contributed by atoms with E-state index in [2.05, 4.69) is 27.6 Å². The van der Waals surface area contributed by atoms with Gasteiger partial charge in [-0.25, -0.2) is 4.39 Å². The Bertz CT molecular complexity index is 986. The molecule has 184 valence electrons. The number of carbonyl (C=O) groups excluding carboxylic acids is 1. The molecule has 1 aromatic carbocycles. The number of hydrogen-bond acceptors (Lipinski definition) is 6. The van der Waals surface area contributed by atoms with Crippen LogP contribution in [0, 0.1) is 11.7 Å². The molecule has 2 aliphatic heterocycles. The molecule has 10 heteroatoms. The molecule has 1 aliphatic carbocycles. The summed E-state index contributed by atoms with van der Waals surface area (Å²) in [5, 5.41) is 15.5. The Balaban J connectivity index is 1.32. The van der Waals surface area contributed by atoms with E-state index >= 15 is 0 Å². The highest BCUT2D eigenvalue weighted by molar-refractivity contribution is 6.01. The van der Waals surface area contributed by atoms with Crippen LogP contribution in [-0.4, -0.2) is 67.0 Å². The molecule has 2 atom stereocenters. The monoisotopic (exact) mass is 471 g/mol. The minimum absolute atomic E-state index is 0.118. The van der Waals surface area contributed by atoms with Gasteiger partial charge in [-0.3, -0.25) is 4.79 Å². The number of halogens is 1. The number of oxime groups is 1. The van der Waals surface area contributed by atoms with E-state index in [1.54, 1.807) is 6.07 Å². The Labute approximate surface area is 199 Å². The molecule has 1 saturated heterocycles.